The third-order valence-corrected chi connectivity index (χ3v) is 5.67. The zero-order valence-corrected chi connectivity index (χ0v) is 16.6. The van der Waals surface area contributed by atoms with Gasteiger partial charge in [-0.05, 0) is 43.5 Å². The summed E-state index contributed by atoms with van der Waals surface area (Å²) in [5.74, 6) is 1.08. The van der Waals surface area contributed by atoms with Crippen LogP contribution in [0.4, 0.5) is 0 Å². The van der Waals surface area contributed by atoms with Crippen molar-refractivity contribution >= 4 is 21.9 Å². The molecule has 0 atom stereocenters. The van der Waals surface area contributed by atoms with Crippen molar-refractivity contribution in [2.45, 2.75) is 25.7 Å². The lowest BCUT2D eigenvalue weighted by Gasteiger charge is -2.11. The van der Waals surface area contributed by atoms with Crippen molar-refractivity contribution in [1.82, 2.24) is 34.5 Å². The first-order valence-electron chi connectivity index (χ1n) is 9.95. The van der Waals surface area contributed by atoms with Crippen LogP contribution >= 0.6 is 0 Å². The number of nitrogens with zero attached hydrogens (tertiary/aromatic N) is 6. The number of pyridine rings is 1. The third-order valence-electron chi connectivity index (χ3n) is 5.67. The zero-order chi connectivity index (χ0) is 20.4. The Labute approximate surface area is 171 Å². The first-order valence-corrected chi connectivity index (χ1v) is 9.95. The van der Waals surface area contributed by atoms with E-state index in [-0.39, 0.29) is 5.56 Å². The Morgan fingerprint density at radius 2 is 1.90 bits per heavy atom. The molecule has 8 nitrogen and oxygen atoms in total. The van der Waals surface area contributed by atoms with Gasteiger partial charge in [-0.2, -0.15) is 10.2 Å². The van der Waals surface area contributed by atoms with E-state index in [0.29, 0.717) is 23.0 Å². The second-order valence-electron chi connectivity index (χ2n) is 7.91. The molecule has 0 unspecified atom stereocenters. The van der Waals surface area contributed by atoms with E-state index in [4.69, 9.17) is 0 Å². The van der Waals surface area contributed by atoms with Crippen molar-refractivity contribution in [2.75, 3.05) is 0 Å². The average Bonchev–Trinajstić information content (AvgIpc) is 3.38. The van der Waals surface area contributed by atoms with Crippen LogP contribution in [0.2, 0.25) is 0 Å². The number of aryl methyl sites for hydroxylation is 2. The smallest absolute Gasteiger partial charge is 0.263 e. The van der Waals surface area contributed by atoms with Crippen LogP contribution in [0.5, 0.6) is 0 Å². The van der Waals surface area contributed by atoms with Crippen molar-refractivity contribution in [1.29, 1.82) is 0 Å². The fourth-order valence-corrected chi connectivity index (χ4v) is 4.05. The van der Waals surface area contributed by atoms with E-state index in [2.05, 4.69) is 25.3 Å². The minimum Gasteiger partial charge on any atom is -0.279 e. The van der Waals surface area contributed by atoms with E-state index in [0.717, 1.165) is 46.0 Å². The molecule has 0 spiro atoms. The minimum atomic E-state index is -0.110. The highest BCUT2D eigenvalue weighted by Gasteiger charge is 2.30. The average molecular weight is 397 g/mol. The van der Waals surface area contributed by atoms with Crippen molar-refractivity contribution < 1.29 is 0 Å². The maximum atomic E-state index is 13.7. The van der Waals surface area contributed by atoms with Gasteiger partial charge in [-0.25, -0.2) is 9.97 Å². The zero-order valence-electron chi connectivity index (χ0n) is 16.6. The minimum absolute atomic E-state index is 0.110. The number of H-pyrrole nitrogens is 1. The molecule has 0 saturated heterocycles. The van der Waals surface area contributed by atoms with Crippen molar-refractivity contribution in [2.24, 2.45) is 7.05 Å². The Balaban J connectivity index is 1.66. The molecule has 30 heavy (non-hydrogen) atoms. The molecule has 148 valence electrons. The van der Waals surface area contributed by atoms with Gasteiger partial charge in [0, 0.05) is 30.1 Å². The molecule has 4 aromatic heterocycles. The van der Waals surface area contributed by atoms with Crippen LogP contribution in [0.25, 0.3) is 38.8 Å². The van der Waals surface area contributed by atoms with E-state index >= 15 is 0 Å². The van der Waals surface area contributed by atoms with Gasteiger partial charge in [-0.1, -0.05) is 6.07 Å². The molecule has 1 aromatic carbocycles. The van der Waals surface area contributed by atoms with Crippen LogP contribution in [0.3, 0.4) is 0 Å². The molecule has 0 bridgehead atoms. The van der Waals surface area contributed by atoms with E-state index < -0.39 is 0 Å². The van der Waals surface area contributed by atoms with E-state index in [1.807, 2.05) is 44.4 Å². The molecule has 1 fully saturated rings. The number of hydrogen-bond acceptors (Lipinski definition) is 5. The number of hydrogen-bond donors (Lipinski definition) is 1. The third kappa shape index (κ3) is 2.57. The highest BCUT2D eigenvalue weighted by atomic mass is 16.1. The molecular formula is C22H19N7O. The molecule has 1 aliphatic carbocycles. The molecule has 0 aliphatic heterocycles. The topological polar surface area (TPSA) is 94.3 Å². The van der Waals surface area contributed by atoms with Gasteiger partial charge in [-0.3, -0.25) is 19.1 Å². The number of benzene rings is 1. The Kier molecular flexibility index (Phi) is 3.47. The number of fused-ring (bicyclic) bond motifs is 2. The normalized spacial score (nSPS) is 14.1. The maximum Gasteiger partial charge on any atom is 0.263 e. The quantitative estimate of drug-likeness (QED) is 0.504. The predicted octanol–water partition coefficient (Wildman–Crippen LogP) is 3.24. The van der Waals surface area contributed by atoms with Crippen LogP contribution in [-0.2, 0) is 7.05 Å². The standard InChI is InChI=1S/C22H19N7O/c1-12-23-9-16(10-24-12)29-21-19(25-26-20(21)13-3-4-13)8-17(22(29)30)14-5-6-18-15(7-14)11-28(2)27-18/h5-11,13H,3-4H2,1-2H3,(H,25,26). The highest BCUT2D eigenvalue weighted by Crippen LogP contribution is 2.42. The summed E-state index contributed by atoms with van der Waals surface area (Å²) in [6, 6.07) is 7.74. The summed E-state index contributed by atoms with van der Waals surface area (Å²) in [5.41, 5.74) is 5.44. The molecular weight excluding hydrogens is 378 g/mol. The highest BCUT2D eigenvalue weighted by molar-refractivity contribution is 5.88. The number of rotatable bonds is 3. The first kappa shape index (κ1) is 17.1. The summed E-state index contributed by atoms with van der Waals surface area (Å²) < 4.78 is 3.48. The Bertz CT molecular complexity index is 1490. The van der Waals surface area contributed by atoms with Crippen molar-refractivity contribution in [3.63, 3.8) is 0 Å². The van der Waals surface area contributed by atoms with E-state index in [9.17, 15) is 4.79 Å². The van der Waals surface area contributed by atoms with Gasteiger partial charge < -0.3 is 0 Å². The summed E-state index contributed by atoms with van der Waals surface area (Å²) >= 11 is 0. The van der Waals surface area contributed by atoms with Crippen LogP contribution in [-0.4, -0.2) is 34.5 Å². The van der Waals surface area contributed by atoms with Crippen LogP contribution in [0, 0.1) is 6.92 Å². The summed E-state index contributed by atoms with van der Waals surface area (Å²) in [5, 5.41) is 13.1. The summed E-state index contributed by atoms with van der Waals surface area (Å²) in [7, 11) is 1.89. The SMILES string of the molecule is Cc1ncc(-n2c(=O)c(-c3ccc4nn(C)cc4c3)cc3n[nH]c(C4CC4)c32)cn1. The van der Waals surface area contributed by atoms with Crippen molar-refractivity contribution in [3.05, 3.63) is 64.7 Å². The van der Waals surface area contributed by atoms with Gasteiger partial charge in [-0.15, -0.1) is 0 Å². The van der Waals surface area contributed by atoms with Gasteiger partial charge in [0.15, 0.2) is 0 Å². The second kappa shape index (κ2) is 6.09. The largest absolute Gasteiger partial charge is 0.279 e. The molecule has 1 N–H and O–H groups in total. The maximum absolute atomic E-state index is 13.7. The van der Waals surface area contributed by atoms with Crippen molar-refractivity contribution in [3.8, 4) is 16.8 Å². The lowest BCUT2D eigenvalue weighted by Crippen LogP contribution is -2.21. The summed E-state index contributed by atoms with van der Waals surface area (Å²) in [6.07, 6.45) is 7.55. The monoisotopic (exact) mass is 397 g/mol. The fourth-order valence-electron chi connectivity index (χ4n) is 4.05. The molecule has 1 saturated carbocycles. The summed E-state index contributed by atoms with van der Waals surface area (Å²) in [6.45, 7) is 1.83. The van der Waals surface area contributed by atoms with Crippen LogP contribution in [0.1, 0.15) is 30.3 Å². The van der Waals surface area contributed by atoms with E-state index in [1.54, 1.807) is 21.6 Å². The molecule has 0 radical (unpaired) electrons. The first-order chi connectivity index (χ1) is 14.6. The lowest BCUT2D eigenvalue weighted by atomic mass is 10.0. The Morgan fingerprint density at radius 3 is 2.67 bits per heavy atom. The molecule has 5 aromatic rings. The molecule has 4 heterocycles. The Morgan fingerprint density at radius 1 is 1.10 bits per heavy atom. The predicted molar refractivity (Wildman–Crippen MR) is 114 cm³/mol. The van der Waals surface area contributed by atoms with Gasteiger partial charge in [0.05, 0.1) is 34.8 Å². The Hall–Kier alpha value is -3.81. The number of aromatic amines is 1. The fraction of sp³-hybridized carbons (Fsp3) is 0.227. The van der Waals surface area contributed by atoms with Gasteiger partial charge in [0.2, 0.25) is 0 Å². The number of nitrogens with one attached hydrogen (secondary N) is 1. The molecule has 0 amide bonds. The summed E-state index contributed by atoms with van der Waals surface area (Å²) in [4.78, 5) is 22.4. The van der Waals surface area contributed by atoms with Crippen LogP contribution < -0.4 is 5.56 Å². The second-order valence-corrected chi connectivity index (χ2v) is 7.91. The molecule has 6 rings (SSSR count). The van der Waals surface area contributed by atoms with Crippen LogP contribution in [0.15, 0.2) is 47.7 Å². The van der Waals surface area contributed by atoms with Gasteiger partial charge in [0.25, 0.3) is 5.56 Å². The van der Waals surface area contributed by atoms with Gasteiger partial charge in [0.1, 0.15) is 11.3 Å². The number of aromatic nitrogens is 7. The van der Waals surface area contributed by atoms with E-state index in [1.165, 1.54) is 0 Å². The molecule has 8 heteroatoms. The molecule has 1 aliphatic rings. The lowest BCUT2D eigenvalue weighted by molar-refractivity contribution is 0.780. The van der Waals surface area contributed by atoms with Gasteiger partial charge >= 0.3 is 0 Å².